The zero-order valence-electron chi connectivity index (χ0n) is 23.0. The minimum absolute atomic E-state index is 0.0849. The minimum atomic E-state index is -4.09. The van der Waals surface area contributed by atoms with E-state index in [0.717, 1.165) is 19.9 Å². The van der Waals surface area contributed by atoms with E-state index in [1.165, 1.54) is 17.0 Å². The monoisotopic (exact) mass is 613 g/mol. The van der Waals surface area contributed by atoms with Crippen LogP contribution in [0.15, 0.2) is 88.2 Å². The topological polar surface area (TPSA) is 86.8 Å². The van der Waals surface area contributed by atoms with Gasteiger partial charge in [0, 0.05) is 16.6 Å². The zero-order valence-corrected chi connectivity index (χ0v) is 25.4. The number of para-hydroxylation sites is 1. The van der Waals surface area contributed by atoms with Crippen LogP contribution < -0.4 is 9.62 Å². The average molecular weight is 615 g/mol. The van der Waals surface area contributed by atoms with Crippen molar-refractivity contribution in [2.24, 2.45) is 0 Å². The summed E-state index contributed by atoms with van der Waals surface area (Å²) in [6.45, 7) is 8.88. The molecule has 0 aliphatic rings. The van der Waals surface area contributed by atoms with Crippen LogP contribution in [0.4, 0.5) is 5.69 Å². The first-order chi connectivity index (χ1) is 18.3. The number of rotatable bonds is 10. The summed E-state index contributed by atoms with van der Waals surface area (Å²) in [6, 6.07) is 21.8. The first-order valence-corrected chi connectivity index (χ1v) is 15.1. The molecule has 0 saturated heterocycles. The molecule has 0 aromatic heterocycles. The Morgan fingerprint density at radius 3 is 2.10 bits per heavy atom. The van der Waals surface area contributed by atoms with Crippen molar-refractivity contribution in [2.45, 2.75) is 64.1 Å². The summed E-state index contributed by atoms with van der Waals surface area (Å²) in [4.78, 5) is 28.7. The van der Waals surface area contributed by atoms with Gasteiger partial charge in [-0.05, 0) is 75.6 Å². The number of halogens is 1. The standard InChI is InChI=1S/C30H36BrN3O4S/c1-6-24-12-10-11-15-27(24)34(39(37,38)26-13-8-7-9-14-26)21-28(35)33(20-23-16-18-25(31)19-17-23)22(2)29(36)32-30(3,4)5/h7-19,22H,6,20-21H2,1-5H3,(H,32,36). The second-order valence-corrected chi connectivity index (χ2v) is 13.1. The Hall–Kier alpha value is -3.17. The molecule has 0 aliphatic carbocycles. The Labute approximate surface area is 240 Å². The minimum Gasteiger partial charge on any atom is -0.350 e. The Kier molecular flexibility index (Phi) is 9.96. The van der Waals surface area contributed by atoms with Crippen molar-refractivity contribution in [3.05, 3.63) is 94.5 Å². The summed E-state index contributed by atoms with van der Waals surface area (Å²) >= 11 is 3.42. The quantitative estimate of drug-likeness (QED) is 0.325. The molecule has 3 aromatic rings. The summed E-state index contributed by atoms with van der Waals surface area (Å²) in [6.07, 6.45) is 0.582. The number of hydrogen-bond donors (Lipinski definition) is 1. The Balaban J connectivity index is 2.06. The van der Waals surface area contributed by atoms with Gasteiger partial charge in [0.25, 0.3) is 10.0 Å². The Bertz CT molecular complexity index is 1390. The molecule has 0 heterocycles. The van der Waals surface area contributed by atoms with Crippen molar-refractivity contribution < 1.29 is 18.0 Å². The highest BCUT2D eigenvalue weighted by molar-refractivity contribution is 9.10. The molecule has 3 rings (SSSR count). The average Bonchev–Trinajstić information content (AvgIpc) is 2.90. The van der Waals surface area contributed by atoms with Gasteiger partial charge in [-0.3, -0.25) is 13.9 Å². The van der Waals surface area contributed by atoms with Crippen LogP contribution in [0.2, 0.25) is 0 Å². The third-order valence-corrected chi connectivity index (χ3v) is 8.49. The van der Waals surface area contributed by atoms with Crippen LogP contribution in [0.5, 0.6) is 0 Å². The number of carbonyl (C=O) groups is 2. The van der Waals surface area contributed by atoms with E-state index in [1.807, 2.05) is 64.1 Å². The first kappa shape index (κ1) is 30.4. The lowest BCUT2D eigenvalue weighted by Gasteiger charge is -2.34. The zero-order chi connectivity index (χ0) is 28.8. The van der Waals surface area contributed by atoms with Crippen LogP contribution in [-0.2, 0) is 32.6 Å². The molecule has 0 saturated carbocycles. The summed E-state index contributed by atoms with van der Waals surface area (Å²) < 4.78 is 29.9. The maximum Gasteiger partial charge on any atom is 0.264 e. The van der Waals surface area contributed by atoms with Crippen molar-refractivity contribution in [1.29, 1.82) is 0 Å². The van der Waals surface area contributed by atoms with Gasteiger partial charge in [-0.25, -0.2) is 8.42 Å². The third-order valence-electron chi connectivity index (χ3n) is 6.18. The van der Waals surface area contributed by atoms with Gasteiger partial charge in [-0.15, -0.1) is 0 Å². The molecule has 1 atom stereocenters. The number of hydrogen-bond acceptors (Lipinski definition) is 4. The van der Waals surface area contributed by atoms with Crippen molar-refractivity contribution in [3.8, 4) is 0 Å². The second kappa shape index (κ2) is 12.8. The van der Waals surface area contributed by atoms with Crippen molar-refractivity contribution in [1.82, 2.24) is 10.2 Å². The molecule has 2 amide bonds. The van der Waals surface area contributed by atoms with Crippen molar-refractivity contribution >= 4 is 43.5 Å². The first-order valence-electron chi connectivity index (χ1n) is 12.8. The van der Waals surface area contributed by atoms with Gasteiger partial charge in [-0.1, -0.05) is 71.4 Å². The van der Waals surface area contributed by atoms with Gasteiger partial charge in [0.05, 0.1) is 10.6 Å². The molecule has 1 unspecified atom stereocenters. The number of nitrogens with zero attached hydrogens (tertiary/aromatic N) is 2. The molecule has 0 spiro atoms. The van der Waals surface area contributed by atoms with Crippen LogP contribution in [0.3, 0.4) is 0 Å². The molecule has 0 radical (unpaired) electrons. The van der Waals surface area contributed by atoms with E-state index < -0.39 is 34.1 Å². The van der Waals surface area contributed by atoms with E-state index in [0.29, 0.717) is 12.1 Å². The van der Waals surface area contributed by atoms with Gasteiger partial charge >= 0.3 is 0 Å². The second-order valence-electron chi connectivity index (χ2n) is 10.4. The fourth-order valence-corrected chi connectivity index (χ4v) is 5.87. The van der Waals surface area contributed by atoms with E-state index in [9.17, 15) is 18.0 Å². The molecule has 9 heteroatoms. The van der Waals surface area contributed by atoms with E-state index in [-0.39, 0.29) is 17.3 Å². The molecule has 3 aromatic carbocycles. The highest BCUT2D eigenvalue weighted by atomic mass is 79.9. The van der Waals surface area contributed by atoms with Gasteiger partial charge in [0.15, 0.2) is 0 Å². The number of benzene rings is 3. The van der Waals surface area contributed by atoms with Crippen LogP contribution in [0.1, 0.15) is 45.7 Å². The van der Waals surface area contributed by atoms with Gasteiger partial charge in [-0.2, -0.15) is 0 Å². The predicted molar refractivity (Wildman–Crippen MR) is 159 cm³/mol. The lowest BCUT2D eigenvalue weighted by Crippen LogP contribution is -2.54. The summed E-state index contributed by atoms with van der Waals surface area (Å²) in [5.41, 5.74) is 1.55. The molecular formula is C30H36BrN3O4S. The number of sulfonamides is 1. The summed E-state index contributed by atoms with van der Waals surface area (Å²) in [7, 11) is -4.09. The normalized spacial score (nSPS) is 12.5. The van der Waals surface area contributed by atoms with Crippen LogP contribution in [0.25, 0.3) is 0 Å². The van der Waals surface area contributed by atoms with E-state index in [4.69, 9.17) is 0 Å². The van der Waals surface area contributed by atoms with Crippen LogP contribution >= 0.6 is 15.9 Å². The Morgan fingerprint density at radius 1 is 0.923 bits per heavy atom. The highest BCUT2D eigenvalue weighted by Gasteiger charge is 2.33. The maximum atomic E-state index is 14.0. The third kappa shape index (κ3) is 7.92. The Morgan fingerprint density at radius 2 is 1.51 bits per heavy atom. The maximum absolute atomic E-state index is 14.0. The molecule has 39 heavy (non-hydrogen) atoms. The highest BCUT2D eigenvalue weighted by Crippen LogP contribution is 2.28. The largest absolute Gasteiger partial charge is 0.350 e. The van der Waals surface area contributed by atoms with E-state index >= 15 is 0 Å². The lowest BCUT2D eigenvalue weighted by molar-refractivity contribution is -0.140. The van der Waals surface area contributed by atoms with E-state index in [1.54, 1.807) is 37.3 Å². The SMILES string of the molecule is CCc1ccccc1N(CC(=O)N(Cc1ccc(Br)cc1)C(C)C(=O)NC(C)(C)C)S(=O)(=O)c1ccccc1. The number of aryl methyl sites for hydroxylation is 1. The van der Waals surface area contributed by atoms with Gasteiger partial charge < -0.3 is 10.2 Å². The van der Waals surface area contributed by atoms with Crippen LogP contribution in [0, 0.1) is 0 Å². The molecule has 0 aliphatic heterocycles. The van der Waals surface area contributed by atoms with Crippen LogP contribution in [-0.4, -0.2) is 43.3 Å². The molecule has 208 valence electrons. The molecule has 0 fully saturated rings. The van der Waals surface area contributed by atoms with E-state index in [2.05, 4.69) is 21.2 Å². The van der Waals surface area contributed by atoms with Crippen molar-refractivity contribution in [2.75, 3.05) is 10.8 Å². The number of anilines is 1. The lowest BCUT2D eigenvalue weighted by atomic mass is 10.1. The van der Waals surface area contributed by atoms with Gasteiger partial charge in [0.1, 0.15) is 12.6 Å². The molecule has 0 bridgehead atoms. The molecule has 7 nitrogen and oxygen atoms in total. The fourth-order valence-electron chi connectivity index (χ4n) is 4.13. The van der Waals surface area contributed by atoms with Crippen molar-refractivity contribution in [3.63, 3.8) is 0 Å². The number of carbonyl (C=O) groups excluding carboxylic acids is 2. The number of amides is 2. The van der Waals surface area contributed by atoms with Gasteiger partial charge in [0.2, 0.25) is 11.8 Å². The fraction of sp³-hybridized carbons (Fsp3) is 0.333. The summed E-state index contributed by atoms with van der Waals surface area (Å²) in [5.74, 6) is -0.806. The number of nitrogens with one attached hydrogen (secondary N) is 1. The molecule has 1 N–H and O–H groups in total. The summed E-state index contributed by atoms with van der Waals surface area (Å²) in [5, 5.41) is 2.94. The smallest absolute Gasteiger partial charge is 0.264 e. The molecular weight excluding hydrogens is 578 g/mol. The predicted octanol–water partition coefficient (Wildman–Crippen LogP) is 5.54.